The Kier molecular flexibility index (Phi) is 4.77. The van der Waals surface area contributed by atoms with Crippen LogP contribution in [0.15, 0.2) is 42.5 Å². The number of carbonyl (C=O) groups excluding carboxylic acids is 1. The zero-order chi connectivity index (χ0) is 15.2. The van der Waals surface area contributed by atoms with Crippen molar-refractivity contribution in [3.8, 4) is 5.75 Å². The molecule has 2 aromatic carbocycles. The van der Waals surface area contributed by atoms with E-state index in [0.29, 0.717) is 17.9 Å². The van der Waals surface area contributed by atoms with Gasteiger partial charge in [-0.3, -0.25) is 4.79 Å². The Labute approximate surface area is 122 Å². The Morgan fingerprint density at radius 2 is 1.81 bits per heavy atom. The van der Waals surface area contributed by atoms with E-state index >= 15 is 0 Å². The summed E-state index contributed by atoms with van der Waals surface area (Å²) in [6.07, 6.45) is 0. The van der Waals surface area contributed by atoms with Gasteiger partial charge in [-0.2, -0.15) is 0 Å². The lowest BCUT2D eigenvalue weighted by molar-refractivity contribution is -0.114. The van der Waals surface area contributed by atoms with E-state index in [-0.39, 0.29) is 11.7 Å². The summed E-state index contributed by atoms with van der Waals surface area (Å²) in [5.74, 6) is 0.0728. The molecule has 5 heteroatoms. The van der Waals surface area contributed by atoms with Crippen LogP contribution in [0.3, 0.4) is 0 Å². The SMILES string of the molecule is COc1ccc(CNc2ccc(NC(C)=O)cc2)c(F)c1. The number of amides is 1. The van der Waals surface area contributed by atoms with Gasteiger partial charge in [0.15, 0.2) is 0 Å². The van der Waals surface area contributed by atoms with E-state index in [0.717, 1.165) is 11.4 Å². The fraction of sp³-hybridized carbons (Fsp3) is 0.188. The molecular formula is C16H17FN2O2. The highest BCUT2D eigenvalue weighted by Gasteiger charge is 2.04. The third-order valence-electron chi connectivity index (χ3n) is 2.95. The van der Waals surface area contributed by atoms with Gasteiger partial charge in [-0.25, -0.2) is 4.39 Å². The van der Waals surface area contributed by atoms with E-state index in [4.69, 9.17) is 4.74 Å². The molecule has 2 aromatic rings. The highest BCUT2D eigenvalue weighted by Crippen LogP contribution is 2.18. The molecule has 110 valence electrons. The summed E-state index contributed by atoms with van der Waals surface area (Å²) in [6, 6.07) is 12.0. The molecule has 0 saturated carbocycles. The molecule has 21 heavy (non-hydrogen) atoms. The lowest BCUT2D eigenvalue weighted by Gasteiger charge is -2.09. The molecule has 0 aliphatic heterocycles. The van der Waals surface area contributed by atoms with Gasteiger partial charge in [0.1, 0.15) is 11.6 Å². The Morgan fingerprint density at radius 3 is 2.38 bits per heavy atom. The first-order valence-corrected chi connectivity index (χ1v) is 6.52. The van der Waals surface area contributed by atoms with Crippen LogP contribution in [0, 0.1) is 5.82 Å². The minimum absolute atomic E-state index is 0.115. The fourth-order valence-corrected chi connectivity index (χ4v) is 1.87. The molecule has 0 aromatic heterocycles. The monoisotopic (exact) mass is 288 g/mol. The highest BCUT2D eigenvalue weighted by molar-refractivity contribution is 5.88. The van der Waals surface area contributed by atoms with E-state index in [2.05, 4.69) is 10.6 Å². The van der Waals surface area contributed by atoms with E-state index < -0.39 is 0 Å². The Balaban J connectivity index is 1.98. The van der Waals surface area contributed by atoms with Gasteiger partial charge in [0, 0.05) is 36.5 Å². The number of carbonyl (C=O) groups is 1. The Hall–Kier alpha value is -2.56. The zero-order valence-electron chi connectivity index (χ0n) is 11.9. The van der Waals surface area contributed by atoms with Crippen LogP contribution in [0.2, 0.25) is 0 Å². The van der Waals surface area contributed by atoms with E-state index in [1.165, 1.54) is 20.1 Å². The molecule has 0 bridgehead atoms. The average Bonchev–Trinajstić information content (AvgIpc) is 2.47. The standard InChI is InChI=1S/C16H17FN2O2/c1-11(20)19-14-6-4-13(5-7-14)18-10-12-3-8-15(21-2)9-16(12)17/h3-9,18H,10H2,1-2H3,(H,19,20). The first-order chi connectivity index (χ1) is 10.1. The number of halogens is 1. The van der Waals surface area contributed by atoms with Crippen molar-refractivity contribution in [2.75, 3.05) is 17.7 Å². The van der Waals surface area contributed by atoms with Gasteiger partial charge in [0.05, 0.1) is 7.11 Å². The van der Waals surface area contributed by atoms with Gasteiger partial charge in [0.2, 0.25) is 5.91 Å². The van der Waals surface area contributed by atoms with Crippen LogP contribution in [-0.2, 0) is 11.3 Å². The summed E-state index contributed by atoms with van der Waals surface area (Å²) in [7, 11) is 1.50. The molecule has 0 radical (unpaired) electrons. The first kappa shape index (κ1) is 14.8. The van der Waals surface area contributed by atoms with Crippen LogP contribution in [-0.4, -0.2) is 13.0 Å². The first-order valence-electron chi connectivity index (χ1n) is 6.52. The predicted molar refractivity (Wildman–Crippen MR) is 81.0 cm³/mol. The van der Waals surface area contributed by atoms with Crippen molar-refractivity contribution in [3.05, 3.63) is 53.8 Å². The van der Waals surface area contributed by atoms with Crippen LogP contribution in [0.25, 0.3) is 0 Å². The minimum Gasteiger partial charge on any atom is -0.497 e. The molecule has 0 fully saturated rings. The second kappa shape index (κ2) is 6.74. The van der Waals surface area contributed by atoms with Crippen molar-refractivity contribution < 1.29 is 13.9 Å². The lowest BCUT2D eigenvalue weighted by Crippen LogP contribution is -2.06. The third kappa shape index (κ3) is 4.21. The molecule has 0 aliphatic carbocycles. The average molecular weight is 288 g/mol. The van der Waals surface area contributed by atoms with Gasteiger partial charge in [-0.15, -0.1) is 0 Å². The van der Waals surface area contributed by atoms with Crippen LogP contribution in [0.1, 0.15) is 12.5 Å². The van der Waals surface area contributed by atoms with Crippen LogP contribution < -0.4 is 15.4 Å². The van der Waals surface area contributed by atoms with Crippen molar-refractivity contribution in [3.63, 3.8) is 0 Å². The fourth-order valence-electron chi connectivity index (χ4n) is 1.87. The maximum Gasteiger partial charge on any atom is 0.221 e. The van der Waals surface area contributed by atoms with Gasteiger partial charge >= 0.3 is 0 Å². The van der Waals surface area contributed by atoms with Crippen molar-refractivity contribution in [1.29, 1.82) is 0 Å². The predicted octanol–water partition coefficient (Wildman–Crippen LogP) is 3.40. The summed E-state index contributed by atoms with van der Waals surface area (Å²) in [5, 5.41) is 5.81. The molecule has 2 N–H and O–H groups in total. The molecule has 0 aliphatic rings. The number of benzene rings is 2. The van der Waals surface area contributed by atoms with Crippen LogP contribution in [0.4, 0.5) is 15.8 Å². The highest BCUT2D eigenvalue weighted by atomic mass is 19.1. The number of hydrogen-bond donors (Lipinski definition) is 2. The second-order valence-corrected chi connectivity index (χ2v) is 4.57. The van der Waals surface area contributed by atoms with Crippen molar-refractivity contribution in [2.24, 2.45) is 0 Å². The summed E-state index contributed by atoms with van der Waals surface area (Å²) >= 11 is 0. The maximum absolute atomic E-state index is 13.8. The summed E-state index contributed by atoms with van der Waals surface area (Å²) in [5.41, 5.74) is 2.13. The van der Waals surface area contributed by atoms with Gasteiger partial charge in [-0.1, -0.05) is 6.07 Å². The maximum atomic E-state index is 13.8. The van der Waals surface area contributed by atoms with Crippen molar-refractivity contribution in [2.45, 2.75) is 13.5 Å². The number of rotatable bonds is 5. The normalized spacial score (nSPS) is 10.0. The van der Waals surface area contributed by atoms with Crippen molar-refractivity contribution >= 4 is 17.3 Å². The number of nitrogens with one attached hydrogen (secondary N) is 2. The van der Waals surface area contributed by atoms with Crippen LogP contribution in [0.5, 0.6) is 5.75 Å². The molecule has 0 spiro atoms. The number of ether oxygens (including phenoxy) is 1. The van der Waals surface area contributed by atoms with E-state index in [1.807, 2.05) is 12.1 Å². The quantitative estimate of drug-likeness (QED) is 0.886. The molecule has 4 nitrogen and oxygen atoms in total. The smallest absolute Gasteiger partial charge is 0.221 e. The second-order valence-electron chi connectivity index (χ2n) is 4.57. The molecule has 1 amide bonds. The topological polar surface area (TPSA) is 50.4 Å². The van der Waals surface area contributed by atoms with E-state index in [9.17, 15) is 9.18 Å². The minimum atomic E-state index is -0.309. The number of hydrogen-bond acceptors (Lipinski definition) is 3. The van der Waals surface area contributed by atoms with Crippen LogP contribution >= 0.6 is 0 Å². The summed E-state index contributed by atoms with van der Waals surface area (Å²) in [4.78, 5) is 10.9. The lowest BCUT2D eigenvalue weighted by atomic mass is 10.2. The summed E-state index contributed by atoms with van der Waals surface area (Å²) < 4.78 is 18.7. The number of methoxy groups -OCH3 is 1. The zero-order valence-corrected chi connectivity index (χ0v) is 11.9. The third-order valence-corrected chi connectivity index (χ3v) is 2.95. The number of anilines is 2. The Morgan fingerprint density at radius 1 is 1.14 bits per heavy atom. The van der Waals surface area contributed by atoms with E-state index in [1.54, 1.807) is 24.3 Å². The van der Waals surface area contributed by atoms with Gasteiger partial charge in [-0.05, 0) is 30.3 Å². The molecule has 0 atom stereocenters. The largest absolute Gasteiger partial charge is 0.497 e. The Bertz CT molecular complexity index is 627. The van der Waals surface area contributed by atoms with Gasteiger partial charge in [0.25, 0.3) is 0 Å². The molecule has 0 unspecified atom stereocenters. The van der Waals surface area contributed by atoms with Gasteiger partial charge < -0.3 is 15.4 Å². The molecule has 0 saturated heterocycles. The molecular weight excluding hydrogens is 271 g/mol. The summed E-state index contributed by atoms with van der Waals surface area (Å²) in [6.45, 7) is 1.83. The van der Waals surface area contributed by atoms with Crippen molar-refractivity contribution in [1.82, 2.24) is 0 Å². The molecule has 0 heterocycles. The molecule has 2 rings (SSSR count).